The molecule has 0 radical (unpaired) electrons. The van der Waals surface area contributed by atoms with Crippen molar-refractivity contribution in [2.75, 3.05) is 0 Å². The van der Waals surface area contributed by atoms with Gasteiger partial charge in [0.05, 0.1) is 18.2 Å². The SMILES string of the molecule is O=C(N[C@H]1C[C@H]2CC[C@H]1O2)c1cccc(-c2noc(C3CC3)n2)c1. The molecule has 3 fully saturated rings. The summed E-state index contributed by atoms with van der Waals surface area (Å²) in [5.74, 6) is 1.62. The van der Waals surface area contributed by atoms with Gasteiger partial charge in [0, 0.05) is 17.0 Å². The topological polar surface area (TPSA) is 77.2 Å². The lowest BCUT2D eigenvalue weighted by molar-refractivity contribution is 0.0841. The van der Waals surface area contributed by atoms with Crippen molar-refractivity contribution in [2.24, 2.45) is 0 Å². The molecule has 1 amide bonds. The molecule has 1 aromatic carbocycles. The number of fused-ring (bicyclic) bond motifs is 2. The molecule has 6 heteroatoms. The van der Waals surface area contributed by atoms with Crippen molar-refractivity contribution in [3.63, 3.8) is 0 Å². The van der Waals surface area contributed by atoms with E-state index in [-0.39, 0.29) is 18.1 Å². The van der Waals surface area contributed by atoms with Gasteiger partial charge in [0.1, 0.15) is 0 Å². The monoisotopic (exact) mass is 325 g/mol. The largest absolute Gasteiger partial charge is 0.373 e. The average molecular weight is 325 g/mol. The van der Waals surface area contributed by atoms with Crippen molar-refractivity contribution in [1.29, 1.82) is 0 Å². The van der Waals surface area contributed by atoms with Crippen LogP contribution in [0, 0.1) is 0 Å². The van der Waals surface area contributed by atoms with E-state index in [0.717, 1.165) is 37.7 Å². The number of carbonyl (C=O) groups is 1. The number of hydrogen-bond acceptors (Lipinski definition) is 5. The number of ether oxygens (including phenoxy) is 1. The highest BCUT2D eigenvalue weighted by Gasteiger charge is 2.41. The molecule has 3 aliphatic rings. The van der Waals surface area contributed by atoms with Gasteiger partial charge in [-0.1, -0.05) is 17.3 Å². The van der Waals surface area contributed by atoms with Crippen LogP contribution in [0.5, 0.6) is 0 Å². The Hall–Kier alpha value is -2.21. The molecule has 1 aliphatic carbocycles. The van der Waals surface area contributed by atoms with Gasteiger partial charge in [-0.2, -0.15) is 4.98 Å². The van der Waals surface area contributed by atoms with Crippen LogP contribution in [0.4, 0.5) is 0 Å². The van der Waals surface area contributed by atoms with Crippen LogP contribution in [0.1, 0.15) is 54.3 Å². The number of nitrogens with one attached hydrogen (secondary N) is 1. The first-order valence-corrected chi connectivity index (χ1v) is 8.66. The van der Waals surface area contributed by atoms with Crippen LogP contribution in [0.25, 0.3) is 11.4 Å². The zero-order valence-electron chi connectivity index (χ0n) is 13.3. The summed E-state index contributed by atoms with van der Waals surface area (Å²) in [6.07, 6.45) is 5.83. The third-order valence-electron chi connectivity index (χ3n) is 5.17. The second-order valence-corrected chi connectivity index (χ2v) is 7.00. The Bertz CT molecular complexity index is 783. The first-order chi connectivity index (χ1) is 11.8. The Labute approximate surface area is 139 Å². The van der Waals surface area contributed by atoms with Crippen molar-refractivity contribution in [3.05, 3.63) is 35.7 Å². The normalized spacial score (nSPS) is 28.2. The van der Waals surface area contributed by atoms with E-state index in [1.165, 1.54) is 0 Å². The van der Waals surface area contributed by atoms with E-state index in [0.29, 0.717) is 29.3 Å². The van der Waals surface area contributed by atoms with Crippen molar-refractivity contribution < 1.29 is 14.1 Å². The molecule has 3 heterocycles. The summed E-state index contributed by atoms with van der Waals surface area (Å²) in [7, 11) is 0. The van der Waals surface area contributed by atoms with Crippen molar-refractivity contribution in [3.8, 4) is 11.4 Å². The third kappa shape index (κ3) is 2.51. The molecule has 0 spiro atoms. The van der Waals surface area contributed by atoms with Crippen LogP contribution in [-0.4, -0.2) is 34.3 Å². The maximum Gasteiger partial charge on any atom is 0.251 e. The van der Waals surface area contributed by atoms with Gasteiger partial charge in [0.15, 0.2) is 0 Å². The minimum absolute atomic E-state index is 0.0658. The Morgan fingerprint density at radius 3 is 2.88 bits per heavy atom. The van der Waals surface area contributed by atoms with Gasteiger partial charge < -0.3 is 14.6 Å². The molecular weight excluding hydrogens is 306 g/mol. The van der Waals surface area contributed by atoms with Crippen LogP contribution >= 0.6 is 0 Å². The van der Waals surface area contributed by atoms with E-state index >= 15 is 0 Å². The van der Waals surface area contributed by atoms with Crippen LogP contribution in [-0.2, 0) is 4.74 Å². The molecule has 1 saturated carbocycles. The molecule has 2 aromatic rings. The number of amides is 1. The third-order valence-corrected chi connectivity index (χ3v) is 5.17. The van der Waals surface area contributed by atoms with Crippen LogP contribution in [0.3, 0.4) is 0 Å². The number of hydrogen-bond donors (Lipinski definition) is 1. The minimum Gasteiger partial charge on any atom is -0.373 e. The number of carbonyl (C=O) groups excluding carboxylic acids is 1. The zero-order valence-corrected chi connectivity index (χ0v) is 13.3. The quantitative estimate of drug-likeness (QED) is 0.935. The van der Waals surface area contributed by atoms with E-state index < -0.39 is 0 Å². The molecule has 0 unspecified atom stereocenters. The molecular formula is C18H19N3O3. The van der Waals surface area contributed by atoms with Gasteiger partial charge >= 0.3 is 0 Å². The average Bonchev–Trinajstić information content (AvgIpc) is 3.02. The Balaban J connectivity index is 1.33. The predicted molar refractivity (Wildman–Crippen MR) is 85.5 cm³/mol. The van der Waals surface area contributed by atoms with Gasteiger partial charge in [-0.05, 0) is 44.2 Å². The standard InChI is InChI=1S/C18H19N3O3/c22-17(19-14-9-13-6-7-15(14)23-13)12-3-1-2-11(8-12)16-20-18(24-21-16)10-4-5-10/h1-3,8,10,13-15H,4-7,9H2,(H,19,22)/t13-,14+,15-/m1/s1. The first kappa shape index (κ1) is 14.2. The maximum absolute atomic E-state index is 12.6. The Morgan fingerprint density at radius 1 is 1.21 bits per heavy atom. The fourth-order valence-electron chi connectivity index (χ4n) is 3.69. The fourth-order valence-corrected chi connectivity index (χ4v) is 3.69. The molecule has 5 rings (SSSR count). The van der Waals surface area contributed by atoms with Crippen molar-refractivity contribution in [2.45, 2.75) is 56.3 Å². The molecule has 3 atom stereocenters. The highest BCUT2D eigenvalue weighted by Crippen LogP contribution is 2.39. The number of nitrogens with zero attached hydrogens (tertiary/aromatic N) is 2. The molecule has 2 aliphatic heterocycles. The molecule has 2 bridgehead atoms. The van der Waals surface area contributed by atoms with Crippen molar-refractivity contribution in [1.82, 2.24) is 15.5 Å². The maximum atomic E-state index is 12.6. The minimum atomic E-state index is -0.0658. The summed E-state index contributed by atoms with van der Waals surface area (Å²) in [6.45, 7) is 0. The summed E-state index contributed by atoms with van der Waals surface area (Å²) in [4.78, 5) is 17.0. The molecule has 24 heavy (non-hydrogen) atoms. The fraction of sp³-hybridized carbons (Fsp3) is 0.500. The van der Waals surface area contributed by atoms with E-state index in [1.807, 2.05) is 24.3 Å². The smallest absolute Gasteiger partial charge is 0.251 e. The second kappa shape index (κ2) is 5.41. The summed E-state index contributed by atoms with van der Waals surface area (Å²) >= 11 is 0. The summed E-state index contributed by atoms with van der Waals surface area (Å²) in [5, 5.41) is 7.16. The van der Waals surface area contributed by atoms with Gasteiger partial charge in [0.2, 0.25) is 11.7 Å². The predicted octanol–water partition coefficient (Wildman–Crippen LogP) is 2.66. The molecule has 1 N–H and O–H groups in total. The molecule has 2 saturated heterocycles. The number of aromatic nitrogens is 2. The first-order valence-electron chi connectivity index (χ1n) is 8.66. The van der Waals surface area contributed by atoms with Crippen LogP contribution in [0.2, 0.25) is 0 Å². The van der Waals surface area contributed by atoms with Gasteiger partial charge in [0.25, 0.3) is 5.91 Å². The summed E-state index contributed by atoms with van der Waals surface area (Å²) < 4.78 is 11.1. The second-order valence-electron chi connectivity index (χ2n) is 7.00. The highest BCUT2D eigenvalue weighted by molar-refractivity contribution is 5.95. The molecule has 6 nitrogen and oxygen atoms in total. The lowest BCUT2D eigenvalue weighted by Gasteiger charge is -2.20. The van der Waals surface area contributed by atoms with Gasteiger partial charge in [-0.15, -0.1) is 0 Å². The lowest BCUT2D eigenvalue weighted by Crippen LogP contribution is -2.41. The number of rotatable bonds is 4. The molecule has 124 valence electrons. The lowest BCUT2D eigenvalue weighted by atomic mass is 9.95. The van der Waals surface area contributed by atoms with Crippen LogP contribution < -0.4 is 5.32 Å². The Morgan fingerprint density at radius 2 is 2.12 bits per heavy atom. The van der Waals surface area contributed by atoms with E-state index in [2.05, 4.69) is 15.5 Å². The van der Waals surface area contributed by atoms with E-state index in [1.54, 1.807) is 0 Å². The van der Waals surface area contributed by atoms with E-state index in [9.17, 15) is 4.79 Å². The van der Waals surface area contributed by atoms with Gasteiger partial charge in [-0.3, -0.25) is 4.79 Å². The van der Waals surface area contributed by atoms with Crippen LogP contribution in [0.15, 0.2) is 28.8 Å². The highest BCUT2D eigenvalue weighted by atomic mass is 16.5. The van der Waals surface area contributed by atoms with E-state index in [4.69, 9.17) is 9.26 Å². The molecule has 1 aromatic heterocycles. The Kier molecular flexibility index (Phi) is 3.19. The number of benzene rings is 1. The summed E-state index contributed by atoms with van der Waals surface area (Å²) in [5.41, 5.74) is 1.43. The zero-order chi connectivity index (χ0) is 16.1. The summed E-state index contributed by atoms with van der Waals surface area (Å²) in [6, 6.07) is 7.53. The van der Waals surface area contributed by atoms with Gasteiger partial charge in [-0.25, -0.2) is 0 Å². The van der Waals surface area contributed by atoms with Crippen molar-refractivity contribution >= 4 is 5.91 Å².